The Labute approximate surface area is 368 Å². The van der Waals surface area contributed by atoms with Crippen molar-refractivity contribution in [1.29, 1.82) is 0 Å². The van der Waals surface area contributed by atoms with Gasteiger partial charge in [0.2, 0.25) is 0 Å². The van der Waals surface area contributed by atoms with E-state index in [1.165, 1.54) is 60.8 Å². The van der Waals surface area contributed by atoms with E-state index in [9.17, 15) is 0 Å². The third kappa shape index (κ3) is 5.86. The molecule has 0 spiro atoms. The first-order valence-corrected chi connectivity index (χ1v) is 21.8. The van der Waals surface area contributed by atoms with Crippen LogP contribution in [-0.4, -0.2) is 0 Å². The van der Waals surface area contributed by atoms with E-state index in [1.807, 2.05) is 6.07 Å². The van der Waals surface area contributed by atoms with Gasteiger partial charge in [-0.05, 0) is 117 Å². The van der Waals surface area contributed by atoms with Crippen LogP contribution in [0.2, 0.25) is 0 Å². The Morgan fingerprint density at radius 1 is 0.397 bits per heavy atom. The maximum absolute atomic E-state index is 6.49. The first-order valence-electron chi connectivity index (χ1n) is 21.8. The Morgan fingerprint density at radius 2 is 1.05 bits per heavy atom. The maximum atomic E-state index is 6.49. The van der Waals surface area contributed by atoms with E-state index in [2.05, 4.69) is 237 Å². The molecule has 1 aliphatic carbocycles. The molecule has 0 radical (unpaired) electrons. The van der Waals surface area contributed by atoms with Crippen molar-refractivity contribution >= 4 is 49.8 Å². The summed E-state index contributed by atoms with van der Waals surface area (Å²) in [7, 11) is 0. The van der Waals surface area contributed by atoms with Gasteiger partial charge in [-0.2, -0.15) is 0 Å². The highest BCUT2D eigenvalue weighted by Crippen LogP contribution is 2.55. The second-order valence-electron chi connectivity index (χ2n) is 17.0. The lowest BCUT2D eigenvalue weighted by molar-refractivity contribution is 0.669. The molecule has 2 heteroatoms. The van der Waals surface area contributed by atoms with Gasteiger partial charge in [0, 0.05) is 33.0 Å². The molecular formula is C61H43NO. The van der Waals surface area contributed by atoms with Crippen LogP contribution in [0.3, 0.4) is 0 Å². The molecule has 0 amide bonds. The topological polar surface area (TPSA) is 16.4 Å². The zero-order valence-corrected chi connectivity index (χ0v) is 35.2. The Hall–Kier alpha value is -7.94. The number of para-hydroxylation sites is 3. The summed E-state index contributed by atoms with van der Waals surface area (Å²) >= 11 is 0. The van der Waals surface area contributed by atoms with Gasteiger partial charge in [-0.1, -0.05) is 188 Å². The van der Waals surface area contributed by atoms with Crippen LogP contribution in [0.25, 0.3) is 77.2 Å². The molecule has 0 bridgehead atoms. The van der Waals surface area contributed by atoms with Gasteiger partial charge in [0.05, 0.1) is 11.4 Å². The summed E-state index contributed by atoms with van der Waals surface area (Å²) in [6.07, 6.45) is 0. The number of benzene rings is 10. The number of fused-ring (bicyclic) bond motifs is 7. The fourth-order valence-corrected chi connectivity index (χ4v) is 10.4. The van der Waals surface area contributed by atoms with Crippen LogP contribution in [0, 0.1) is 6.92 Å². The molecule has 1 aliphatic rings. The molecule has 0 saturated heterocycles. The molecule has 0 saturated carbocycles. The van der Waals surface area contributed by atoms with Crippen molar-refractivity contribution in [3.8, 4) is 44.5 Å². The summed E-state index contributed by atoms with van der Waals surface area (Å²) in [4.78, 5) is 2.50. The van der Waals surface area contributed by atoms with E-state index in [0.717, 1.165) is 55.7 Å². The molecular weight excluding hydrogens is 763 g/mol. The summed E-state index contributed by atoms with van der Waals surface area (Å²) in [5, 5.41) is 4.69. The SMILES string of the molecule is Cc1ccc2c(c1)-c1ccc(N(c3ccccc3-c3ccc4c(c3)oc3ccccc34)c3ccccc3-c3cccc4cccc(-c5ccccc5)c34)cc1C2(C)c1ccccc1. The van der Waals surface area contributed by atoms with E-state index in [0.29, 0.717) is 0 Å². The first kappa shape index (κ1) is 36.9. The van der Waals surface area contributed by atoms with E-state index in [-0.39, 0.29) is 5.41 Å². The van der Waals surface area contributed by atoms with Crippen molar-refractivity contribution in [1.82, 2.24) is 0 Å². The minimum atomic E-state index is -0.368. The van der Waals surface area contributed by atoms with Gasteiger partial charge in [-0.25, -0.2) is 0 Å². The molecule has 63 heavy (non-hydrogen) atoms. The monoisotopic (exact) mass is 805 g/mol. The average Bonchev–Trinajstić information content (AvgIpc) is 3.84. The molecule has 1 atom stereocenters. The second-order valence-corrected chi connectivity index (χ2v) is 17.0. The molecule has 298 valence electrons. The molecule has 0 fully saturated rings. The zero-order valence-electron chi connectivity index (χ0n) is 35.2. The lowest BCUT2D eigenvalue weighted by atomic mass is 9.74. The fourth-order valence-electron chi connectivity index (χ4n) is 10.4. The van der Waals surface area contributed by atoms with Crippen molar-refractivity contribution < 1.29 is 4.42 Å². The van der Waals surface area contributed by atoms with Gasteiger partial charge < -0.3 is 9.32 Å². The molecule has 1 heterocycles. The summed E-state index contributed by atoms with van der Waals surface area (Å²) in [5.74, 6) is 0. The third-order valence-corrected chi connectivity index (χ3v) is 13.4. The van der Waals surface area contributed by atoms with E-state index in [1.54, 1.807) is 0 Å². The quantitative estimate of drug-likeness (QED) is 0.160. The molecule has 1 unspecified atom stereocenters. The summed E-state index contributed by atoms with van der Waals surface area (Å²) in [6, 6.07) is 82.1. The molecule has 1 aromatic heterocycles. The average molecular weight is 806 g/mol. The standard InChI is InChI=1S/C61H43NO/c1-40-31-36-54-53(37-40)48-35-33-45(39-55(48)61(54,2)44-21-7-4-8-22-44)62(56-28-12-9-23-46(56)43-32-34-51-50-25-11-14-30-58(50)63-59(51)38-43)57-29-13-10-24-49(57)52-27-16-20-42-19-15-26-47(60(42)52)41-17-5-3-6-18-41/h3-39H,1-2H3. The van der Waals surface area contributed by atoms with Gasteiger partial charge >= 0.3 is 0 Å². The highest BCUT2D eigenvalue weighted by Gasteiger charge is 2.41. The van der Waals surface area contributed by atoms with Crippen LogP contribution in [0.4, 0.5) is 17.1 Å². The van der Waals surface area contributed by atoms with Crippen LogP contribution < -0.4 is 4.90 Å². The molecule has 11 aromatic rings. The zero-order chi connectivity index (χ0) is 42.1. The van der Waals surface area contributed by atoms with Crippen molar-refractivity contribution in [3.05, 3.63) is 247 Å². The smallest absolute Gasteiger partial charge is 0.136 e. The van der Waals surface area contributed by atoms with Gasteiger partial charge in [-0.15, -0.1) is 0 Å². The number of nitrogens with zero attached hydrogens (tertiary/aromatic N) is 1. The van der Waals surface area contributed by atoms with E-state index >= 15 is 0 Å². The van der Waals surface area contributed by atoms with Gasteiger partial charge in [0.25, 0.3) is 0 Å². The van der Waals surface area contributed by atoms with Crippen LogP contribution in [0.15, 0.2) is 229 Å². The number of hydrogen-bond acceptors (Lipinski definition) is 2. The van der Waals surface area contributed by atoms with Crippen LogP contribution in [-0.2, 0) is 5.41 Å². The number of furan rings is 1. The Bertz CT molecular complexity index is 3540. The molecule has 0 aliphatic heterocycles. The molecule has 2 nitrogen and oxygen atoms in total. The fraction of sp³-hybridized carbons (Fsp3) is 0.0492. The molecule has 0 N–H and O–H groups in total. The van der Waals surface area contributed by atoms with Crippen LogP contribution >= 0.6 is 0 Å². The van der Waals surface area contributed by atoms with Crippen molar-refractivity contribution in [3.63, 3.8) is 0 Å². The Kier molecular flexibility index (Phi) is 8.55. The van der Waals surface area contributed by atoms with Crippen molar-refractivity contribution in [2.24, 2.45) is 0 Å². The van der Waals surface area contributed by atoms with Crippen LogP contribution in [0.5, 0.6) is 0 Å². The predicted octanol–water partition coefficient (Wildman–Crippen LogP) is 16.9. The largest absolute Gasteiger partial charge is 0.456 e. The summed E-state index contributed by atoms with van der Waals surface area (Å²) < 4.78 is 6.49. The van der Waals surface area contributed by atoms with Gasteiger partial charge in [0.15, 0.2) is 0 Å². The number of rotatable bonds is 7. The van der Waals surface area contributed by atoms with Crippen molar-refractivity contribution in [2.75, 3.05) is 4.90 Å². The normalized spacial score (nSPS) is 14.3. The first-order chi connectivity index (χ1) is 31.0. The lowest BCUT2D eigenvalue weighted by Gasteiger charge is -2.32. The highest BCUT2D eigenvalue weighted by atomic mass is 16.3. The van der Waals surface area contributed by atoms with E-state index in [4.69, 9.17) is 4.42 Å². The van der Waals surface area contributed by atoms with Crippen molar-refractivity contribution in [2.45, 2.75) is 19.3 Å². The van der Waals surface area contributed by atoms with Crippen LogP contribution in [0.1, 0.15) is 29.2 Å². The van der Waals surface area contributed by atoms with Gasteiger partial charge in [-0.3, -0.25) is 0 Å². The minimum Gasteiger partial charge on any atom is -0.456 e. The minimum absolute atomic E-state index is 0.368. The number of aryl methyl sites for hydroxylation is 1. The Balaban J connectivity index is 1.13. The molecule has 12 rings (SSSR count). The number of anilines is 3. The maximum Gasteiger partial charge on any atom is 0.136 e. The third-order valence-electron chi connectivity index (χ3n) is 13.4. The summed E-state index contributed by atoms with van der Waals surface area (Å²) in [6.45, 7) is 4.60. The lowest BCUT2D eigenvalue weighted by Crippen LogP contribution is -2.23. The highest BCUT2D eigenvalue weighted by molar-refractivity contribution is 6.10. The Morgan fingerprint density at radius 3 is 1.86 bits per heavy atom. The molecule has 10 aromatic carbocycles. The number of hydrogen-bond donors (Lipinski definition) is 0. The van der Waals surface area contributed by atoms with E-state index < -0.39 is 0 Å². The predicted molar refractivity (Wildman–Crippen MR) is 264 cm³/mol. The summed E-state index contributed by atoms with van der Waals surface area (Å²) in [5.41, 5.74) is 19.4. The second kappa shape index (κ2) is 14.6. The van der Waals surface area contributed by atoms with Gasteiger partial charge in [0.1, 0.15) is 11.2 Å².